The SMILES string of the molecule is Cc1ccc(CN2CCN([C@@H](CNC(=O)OC(C)(C)C)C(=O)O)CC2)cc1. The molecule has 7 heteroatoms. The van der Waals surface area contributed by atoms with E-state index in [-0.39, 0.29) is 6.54 Å². The molecule has 0 spiro atoms. The first kappa shape index (κ1) is 21.2. The topological polar surface area (TPSA) is 82.1 Å². The second-order valence-electron chi connectivity index (χ2n) is 8.03. The lowest BCUT2D eigenvalue weighted by molar-refractivity contribution is -0.143. The van der Waals surface area contributed by atoms with Crippen molar-refractivity contribution < 1.29 is 19.4 Å². The highest BCUT2D eigenvalue weighted by molar-refractivity contribution is 5.75. The Morgan fingerprint density at radius 1 is 1.15 bits per heavy atom. The molecular formula is C20H31N3O4. The summed E-state index contributed by atoms with van der Waals surface area (Å²) >= 11 is 0. The Morgan fingerprint density at radius 3 is 2.26 bits per heavy atom. The third-order valence-corrected chi connectivity index (χ3v) is 4.50. The van der Waals surface area contributed by atoms with E-state index >= 15 is 0 Å². The van der Waals surface area contributed by atoms with Gasteiger partial charge in [0.25, 0.3) is 0 Å². The van der Waals surface area contributed by atoms with Crippen LogP contribution in [0.3, 0.4) is 0 Å². The summed E-state index contributed by atoms with van der Waals surface area (Å²) in [5.41, 5.74) is 1.89. The highest BCUT2D eigenvalue weighted by Gasteiger charge is 2.29. The number of hydrogen-bond donors (Lipinski definition) is 2. The molecule has 1 heterocycles. The van der Waals surface area contributed by atoms with E-state index in [9.17, 15) is 14.7 Å². The van der Waals surface area contributed by atoms with Gasteiger partial charge in [0, 0.05) is 39.3 Å². The molecule has 0 radical (unpaired) electrons. The summed E-state index contributed by atoms with van der Waals surface area (Å²) in [5, 5.41) is 12.1. The minimum absolute atomic E-state index is 0.0300. The summed E-state index contributed by atoms with van der Waals surface area (Å²) < 4.78 is 5.18. The molecule has 0 unspecified atom stereocenters. The smallest absolute Gasteiger partial charge is 0.407 e. The van der Waals surface area contributed by atoms with Gasteiger partial charge in [0.15, 0.2) is 0 Å². The van der Waals surface area contributed by atoms with Crippen molar-refractivity contribution in [2.24, 2.45) is 0 Å². The number of nitrogens with zero attached hydrogens (tertiary/aromatic N) is 2. The number of carbonyl (C=O) groups excluding carboxylic acids is 1. The summed E-state index contributed by atoms with van der Waals surface area (Å²) in [6.07, 6.45) is -0.591. The van der Waals surface area contributed by atoms with Gasteiger partial charge in [-0.25, -0.2) is 4.79 Å². The Hall–Kier alpha value is -2.12. The monoisotopic (exact) mass is 377 g/mol. The highest BCUT2D eigenvalue weighted by atomic mass is 16.6. The maximum atomic E-state index is 11.8. The van der Waals surface area contributed by atoms with Gasteiger partial charge in [-0.15, -0.1) is 0 Å². The van der Waals surface area contributed by atoms with Gasteiger partial charge in [0.2, 0.25) is 0 Å². The first-order valence-corrected chi connectivity index (χ1v) is 9.35. The van der Waals surface area contributed by atoms with Gasteiger partial charge in [-0.3, -0.25) is 14.6 Å². The van der Waals surface area contributed by atoms with Crippen LogP contribution in [-0.2, 0) is 16.1 Å². The second kappa shape index (κ2) is 9.19. The maximum absolute atomic E-state index is 11.8. The normalized spacial score (nSPS) is 17.3. The molecule has 2 N–H and O–H groups in total. The molecular weight excluding hydrogens is 346 g/mol. The Labute approximate surface area is 161 Å². The van der Waals surface area contributed by atoms with Crippen LogP contribution in [0, 0.1) is 6.92 Å². The number of aliphatic carboxylic acids is 1. The van der Waals surface area contributed by atoms with Crippen LogP contribution in [0.25, 0.3) is 0 Å². The first-order chi connectivity index (χ1) is 12.6. The number of nitrogens with one attached hydrogen (secondary N) is 1. The van der Waals surface area contributed by atoms with Crippen molar-refractivity contribution in [1.29, 1.82) is 0 Å². The maximum Gasteiger partial charge on any atom is 0.407 e. The molecule has 27 heavy (non-hydrogen) atoms. The molecule has 1 aromatic carbocycles. The number of ether oxygens (including phenoxy) is 1. The number of carboxylic acid groups (broad SMARTS) is 1. The van der Waals surface area contributed by atoms with Gasteiger partial charge in [0.05, 0.1) is 0 Å². The van der Waals surface area contributed by atoms with Crippen LogP contribution in [0.5, 0.6) is 0 Å². The van der Waals surface area contributed by atoms with Crippen LogP contribution in [-0.4, -0.2) is 71.3 Å². The molecule has 1 atom stereocenters. The Morgan fingerprint density at radius 2 is 1.74 bits per heavy atom. The fourth-order valence-electron chi connectivity index (χ4n) is 3.05. The van der Waals surface area contributed by atoms with Crippen LogP contribution in [0.4, 0.5) is 4.79 Å². The van der Waals surface area contributed by atoms with E-state index in [4.69, 9.17) is 4.74 Å². The van der Waals surface area contributed by atoms with Crippen molar-refractivity contribution in [2.75, 3.05) is 32.7 Å². The van der Waals surface area contributed by atoms with Gasteiger partial charge < -0.3 is 15.2 Å². The molecule has 1 aromatic rings. The number of benzene rings is 1. The Kier molecular flexibility index (Phi) is 7.21. The van der Waals surface area contributed by atoms with E-state index in [1.165, 1.54) is 11.1 Å². The number of alkyl carbamates (subject to hydrolysis) is 1. The molecule has 0 saturated carbocycles. The van der Waals surface area contributed by atoms with Crippen molar-refractivity contribution in [3.8, 4) is 0 Å². The van der Waals surface area contributed by atoms with Crippen LogP contribution in [0.2, 0.25) is 0 Å². The zero-order chi connectivity index (χ0) is 20.0. The number of piperazine rings is 1. The van der Waals surface area contributed by atoms with Gasteiger partial charge in [-0.2, -0.15) is 0 Å². The van der Waals surface area contributed by atoms with E-state index in [0.717, 1.165) is 19.6 Å². The number of amides is 1. The molecule has 1 aliphatic rings. The predicted molar refractivity (Wildman–Crippen MR) is 104 cm³/mol. The quantitative estimate of drug-likeness (QED) is 0.790. The van der Waals surface area contributed by atoms with Crippen LogP contribution >= 0.6 is 0 Å². The summed E-state index contributed by atoms with van der Waals surface area (Å²) in [5.74, 6) is -0.932. The third kappa shape index (κ3) is 7.19. The molecule has 1 amide bonds. The fourth-order valence-corrected chi connectivity index (χ4v) is 3.05. The summed E-state index contributed by atoms with van der Waals surface area (Å²) in [4.78, 5) is 27.7. The van der Waals surface area contributed by atoms with Crippen molar-refractivity contribution in [1.82, 2.24) is 15.1 Å². The van der Waals surface area contributed by atoms with Crippen LogP contribution in [0.15, 0.2) is 24.3 Å². The fraction of sp³-hybridized carbons (Fsp3) is 0.600. The van der Waals surface area contributed by atoms with E-state index in [0.29, 0.717) is 13.1 Å². The molecule has 0 aromatic heterocycles. The van der Waals surface area contributed by atoms with Gasteiger partial charge >= 0.3 is 12.1 Å². The van der Waals surface area contributed by atoms with E-state index in [1.807, 2.05) is 4.90 Å². The van der Waals surface area contributed by atoms with Gasteiger partial charge in [-0.05, 0) is 33.3 Å². The molecule has 2 rings (SSSR count). The first-order valence-electron chi connectivity index (χ1n) is 9.35. The number of carbonyl (C=O) groups is 2. The lowest BCUT2D eigenvalue weighted by Crippen LogP contribution is -2.56. The summed E-state index contributed by atoms with van der Waals surface area (Å²) in [7, 11) is 0. The Bertz CT molecular complexity index is 632. The zero-order valence-electron chi connectivity index (χ0n) is 16.7. The lowest BCUT2D eigenvalue weighted by atomic mass is 10.1. The summed E-state index contributed by atoms with van der Waals surface area (Å²) in [6.45, 7) is 11.2. The number of hydrogen-bond acceptors (Lipinski definition) is 5. The molecule has 1 fully saturated rings. The average Bonchev–Trinajstić information content (AvgIpc) is 2.56. The molecule has 7 nitrogen and oxygen atoms in total. The van der Waals surface area contributed by atoms with E-state index in [2.05, 4.69) is 41.4 Å². The molecule has 1 aliphatic heterocycles. The largest absolute Gasteiger partial charge is 0.480 e. The molecule has 0 aliphatic carbocycles. The molecule has 0 bridgehead atoms. The van der Waals surface area contributed by atoms with Crippen molar-refractivity contribution in [3.63, 3.8) is 0 Å². The minimum atomic E-state index is -0.932. The van der Waals surface area contributed by atoms with Crippen LogP contribution < -0.4 is 5.32 Å². The third-order valence-electron chi connectivity index (χ3n) is 4.50. The average molecular weight is 377 g/mol. The van der Waals surface area contributed by atoms with Gasteiger partial charge in [-0.1, -0.05) is 29.8 Å². The predicted octanol–water partition coefficient (Wildman–Crippen LogP) is 2.09. The second-order valence-corrected chi connectivity index (χ2v) is 8.03. The lowest BCUT2D eigenvalue weighted by Gasteiger charge is -2.37. The molecule has 150 valence electrons. The van der Waals surface area contributed by atoms with Crippen LogP contribution in [0.1, 0.15) is 31.9 Å². The minimum Gasteiger partial charge on any atom is -0.480 e. The standard InChI is InChI=1S/C20H31N3O4/c1-15-5-7-16(8-6-15)14-22-9-11-23(12-10-22)17(18(24)25)13-21-19(26)27-20(2,3)4/h5-8,17H,9-14H2,1-4H3,(H,21,26)(H,24,25)/t17-/m0/s1. The van der Waals surface area contributed by atoms with Crippen molar-refractivity contribution in [2.45, 2.75) is 45.9 Å². The summed E-state index contributed by atoms with van der Waals surface area (Å²) in [6, 6.07) is 7.72. The molecule has 1 saturated heterocycles. The van der Waals surface area contributed by atoms with Crippen molar-refractivity contribution in [3.05, 3.63) is 35.4 Å². The number of aryl methyl sites for hydroxylation is 1. The van der Waals surface area contributed by atoms with E-state index in [1.54, 1.807) is 20.8 Å². The van der Waals surface area contributed by atoms with Crippen molar-refractivity contribution >= 4 is 12.1 Å². The Balaban J connectivity index is 1.82. The van der Waals surface area contributed by atoms with Gasteiger partial charge in [0.1, 0.15) is 11.6 Å². The highest BCUT2D eigenvalue weighted by Crippen LogP contribution is 2.12. The zero-order valence-corrected chi connectivity index (χ0v) is 16.7. The number of rotatable bonds is 6. The van der Waals surface area contributed by atoms with E-state index < -0.39 is 23.7 Å². The number of carboxylic acids is 1.